The molecule has 1 unspecified atom stereocenters. The number of imidazole rings is 1. The quantitative estimate of drug-likeness (QED) is 0.695. The zero-order valence-corrected chi connectivity index (χ0v) is 17.3. The Hall–Kier alpha value is -2.66. The number of nitrogens with zero attached hydrogens (tertiary/aromatic N) is 3. The molecule has 0 bridgehead atoms. The molecular formula is C24H30N4O. The molecule has 1 atom stereocenters. The highest BCUT2D eigenvalue weighted by molar-refractivity contribution is 5.81. The van der Waals surface area contributed by atoms with E-state index in [4.69, 9.17) is 0 Å². The first kappa shape index (κ1) is 19.6. The van der Waals surface area contributed by atoms with E-state index < -0.39 is 0 Å². The number of likely N-dealkylation sites (tertiary alicyclic amines) is 1. The molecule has 0 spiro atoms. The number of benzene rings is 2. The lowest BCUT2D eigenvalue weighted by molar-refractivity contribution is -0.136. The Morgan fingerprint density at radius 3 is 2.55 bits per heavy atom. The number of carbonyl (C=O) groups excluding carboxylic acids is 1. The molecule has 3 aromatic rings. The SMILES string of the molecule is CC(C(=O)N(C)Cc1nc2ccccc2[nH]1)N1CCC(Cc2ccccc2)CC1. The van der Waals surface area contributed by atoms with Crippen LogP contribution in [0.4, 0.5) is 0 Å². The van der Waals surface area contributed by atoms with Crippen LogP contribution >= 0.6 is 0 Å². The van der Waals surface area contributed by atoms with E-state index in [1.54, 1.807) is 4.90 Å². The Kier molecular flexibility index (Phi) is 5.95. The van der Waals surface area contributed by atoms with E-state index in [0.717, 1.165) is 49.2 Å². The van der Waals surface area contributed by atoms with E-state index in [1.807, 2.05) is 38.2 Å². The third-order valence-electron chi connectivity index (χ3n) is 6.12. The van der Waals surface area contributed by atoms with Crippen molar-refractivity contribution >= 4 is 16.9 Å². The van der Waals surface area contributed by atoms with Gasteiger partial charge in [0.15, 0.2) is 0 Å². The number of likely N-dealkylation sites (N-methyl/N-ethyl adjacent to an activating group) is 1. The Labute approximate surface area is 172 Å². The second kappa shape index (κ2) is 8.78. The maximum Gasteiger partial charge on any atom is 0.239 e. The van der Waals surface area contributed by atoms with Crippen LogP contribution in [0.15, 0.2) is 54.6 Å². The van der Waals surface area contributed by atoms with E-state index in [0.29, 0.717) is 12.5 Å². The van der Waals surface area contributed by atoms with Crippen LogP contribution in [0.1, 0.15) is 31.2 Å². The highest BCUT2D eigenvalue weighted by Gasteiger charge is 2.28. The Balaban J connectivity index is 1.29. The van der Waals surface area contributed by atoms with Crippen LogP contribution in [0.5, 0.6) is 0 Å². The molecule has 2 aromatic carbocycles. The van der Waals surface area contributed by atoms with E-state index >= 15 is 0 Å². The highest BCUT2D eigenvalue weighted by Crippen LogP contribution is 2.23. The number of carbonyl (C=O) groups is 1. The number of piperidine rings is 1. The minimum absolute atomic E-state index is 0.0953. The second-order valence-corrected chi connectivity index (χ2v) is 8.24. The summed E-state index contributed by atoms with van der Waals surface area (Å²) in [5, 5.41) is 0. The summed E-state index contributed by atoms with van der Waals surface area (Å²) >= 11 is 0. The van der Waals surface area contributed by atoms with Gasteiger partial charge >= 0.3 is 0 Å². The molecule has 2 heterocycles. The summed E-state index contributed by atoms with van der Waals surface area (Å²) in [6.07, 6.45) is 3.45. The predicted octanol–water partition coefficient (Wildman–Crippen LogP) is 3.86. The van der Waals surface area contributed by atoms with Gasteiger partial charge in [0.2, 0.25) is 5.91 Å². The molecule has 1 N–H and O–H groups in total. The Morgan fingerprint density at radius 1 is 1.14 bits per heavy atom. The smallest absolute Gasteiger partial charge is 0.239 e. The minimum Gasteiger partial charge on any atom is -0.340 e. The van der Waals surface area contributed by atoms with E-state index in [1.165, 1.54) is 5.56 Å². The highest BCUT2D eigenvalue weighted by atomic mass is 16.2. The summed E-state index contributed by atoms with van der Waals surface area (Å²) in [5.74, 6) is 1.70. The third-order valence-corrected chi connectivity index (χ3v) is 6.12. The zero-order chi connectivity index (χ0) is 20.2. The first-order valence-corrected chi connectivity index (χ1v) is 10.6. The molecule has 5 nitrogen and oxygen atoms in total. The molecule has 0 saturated carbocycles. The number of hydrogen-bond donors (Lipinski definition) is 1. The number of hydrogen-bond acceptors (Lipinski definition) is 3. The lowest BCUT2D eigenvalue weighted by Gasteiger charge is -2.36. The number of fused-ring (bicyclic) bond motifs is 1. The van der Waals surface area contributed by atoms with Crippen LogP contribution in [0, 0.1) is 5.92 Å². The maximum atomic E-state index is 13.0. The van der Waals surface area contributed by atoms with Crippen LogP contribution in [0.25, 0.3) is 11.0 Å². The Morgan fingerprint density at radius 2 is 1.83 bits per heavy atom. The molecule has 5 heteroatoms. The lowest BCUT2D eigenvalue weighted by atomic mass is 9.89. The fraction of sp³-hybridized carbons (Fsp3) is 0.417. The minimum atomic E-state index is -0.0953. The summed E-state index contributed by atoms with van der Waals surface area (Å²) in [6.45, 7) is 4.52. The molecule has 152 valence electrons. The largest absolute Gasteiger partial charge is 0.340 e. The van der Waals surface area contributed by atoms with Gasteiger partial charge in [0, 0.05) is 7.05 Å². The zero-order valence-electron chi connectivity index (χ0n) is 17.3. The Bertz CT molecular complexity index is 911. The molecule has 1 amide bonds. The summed E-state index contributed by atoms with van der Waals surface area (Å²) < 4.78 is 0. The molecule has 1 fully saturated rings. The predicted molar refractivity (Wildman–Crippen MR) is 116 cm³/mol. The number of amides is 1. The van der Waals surface area contributed by atoms with Gasteiger partial charge in [-0.2, -0.15) is 0 Å². The van der Waals surface area contributed by atoms with Gasteiger partial charge < -0.3 is 9.88 Å². The maximum absolute atomic E-state index is 13.0. The van der Waals surface area contributed by atoms with Crippen molar-refractivity contribution in [3.63, 3.8) is 0 Å². The van der Waals surface area contributed by atoms with E-state index in [-0.39, 0.29) is 11.9 Å². The average Bonchev–Trinajstić information content (AvgIpc) is 3.16. The molecule has 29 heavy (non-hydrogen) atoms. The monoisotopic (exact) mass is 390 g/mol. The second-order valence-electron chi connectivity index (χ2n) is 8.24. The van der Waals surface area contributed by atoms with Crippen LogP contribution < -0.4 is 0 Å². The van der Waals surface area contributed by atoms with Crippen LogP contribution in [-0.2, 0) is 17.8 Å². The van der Waals surface area contributed by atoms with Gasteiger partial charge in [-0.25, -0.2) is 4.98 Å². The molecule has 1 saturated heterocycles. The molecule has 1 aromatic heterocycles. The first-order chi connectivity index (χ1) is 14.1. The van der Waals surface area contributed by atoms with Gasteiger partial charge in [0.1, 0.15) is 5.82 Å². The number of para-hydroxylation sites is 2. The summed E-state index contributed by atoms with van der Waals surface area (Å²) in [6, 6.07) is 18.6. The fourth-order valence-electron chi connectivity index (χ4n) is 4.35. The number of rotatable bonds is 6. The average molecular weight is 391 g/mol. The summed E-state index contributed by atoms with van der Waals surface area (Å²) in [5.41, 5.74) is 3.37. The molecule has 1 aliphatic heterocycles. The summed E-state index contributed by atoms with van der Waals surface area (Å²) in [7, 11) is 1.87. The normalized spacial score (nSPS) is 16.8. The van der Waals surface area contributed by atoms with Gasteiger partial charge in [0.05, 0.1) is 23.6 Å². The van der Waals surface area contributed by atoms with Crippen molar-refractivity contribution in [2.24, 2.45) is 5.92 Å². The third kappa shape index (κ3) is 4.67. The molecule has 1 aliphatic rings. The van der Waals surface area contributed by atoms with Crippen molar-refractivity contribution in [2.75, 3.05) is 20.1 Å². The number of aromatic nitrogens is 2. The fourth-order valence-corrected chi connectivity index (χ4v) is 4.35. The van der Waals surface area contributed by atoms with Gasteiger partial charge in [-0.05, 0) is 62.9 Å². The number of aromatic amines is 1. The van der Waals surface area contributed by atoms with Crippen LogP contribution in [0.3, 0.4) is 0 Å². The standard InChI is InChI=1S/C24H30N4O/c1-18(28-14-12-20(13-15-28)16-19-8-4-3-5-9-19)24(29)27(2)17-23-25-21-10-6-7-11-22(21)26-23/h3-11,18,20H,12-17H2,1-2H3,(H,25,26). The number of nitrogens with one attached hydrogen (secondary N) is 1. The van der Waals surface area contributed by atoms with E-state index in [2.05, 4.69) is 45.2 Å². The van der Waals surface area contributed by atoms with Gasteiger partial charge in [-0.1, -0.05) is 42.5 Å². The molecule has 4 rings (SSSR count). The van der Waals surface area contributed by atoms with Crippen molar-refractivity contribution in [3.8, 4) is 0 Å². The van der Waals surface area contributed by atoms with Gasteiger partial charge in [-0.3, -0.25) is 9.69 Å². The lowest BCUT2D eigenvalue weighted by Crippen LogP contribution is -2.48. The molecule has 0 aliphatic carbocycles. The topological polar surface area (TPSA) is 52.2 Å². The van der Waals surface area contributed by atoms with Crippen molar-refractivity contribution < 1.29 is 4.79 Å². The molecular weight excluding hydrogens is 360 g/mol. The summed E-state index contributed by atoms with van der Waals surface area (Å²) in [4.78, 5) is 25.0. The van der Waals surface area contributed by atoms with Crippen molar-refractivity contribution in [2.45, 2.75) is 38.8 Å². The van der Waals surface area contributed by atoms with Crippen LogP contribution in [-0.4, -0.2) is 51.9 Å². The van der Waals surface area contributed by atoms with Crippen molar-refractivity contribution in [1.29, 1.82) is 0 Å². The first-order valence-electron chi connectivity index (χ1n) is 10.6. The van der Waals surface area contributed by atoms with Gasteiger partial charge in [-0.15, -0.1) is 0 Å². The van der Waals surface area contributed by atoms with Crippen molar-refractivity contribution in [1.82, 2.24) is 19.8 Å². The molecule has 0 radical (unpaired) electrons. The van der Waals surface area contributed by atoms with E-state index in [9.17, 15) is 4.79 Å². The van der Waals surface area contributed by atoms with Crippen LogP contribution in [0.2, 0.25) is 0 Å². The van der Waals surface area contributed by atoms with Gasteiger partial charge in [0.25, 0.3) is 0 Å². The van der Waals surface area contributed by atoms with Crippen molar-refractivity contribution in [3.05, 3.63) is 66.0 Å². The number of H-pyrrole nitrogens is 1.